The second-order valence-electron chi connectivity index (χ2n) is 4.64. The molecule has 0 heterocycles. The van der Waals surface area contributed by atoms with Crippen molar-refractivity contribution in [3.8, 4) is 17.2 Å². The number of urea groups is 1. The van der Waals surface area contributed by atoms with Crippen LogP contribution >= 0.6 is 0 Å². The van der Waals surface area contributed by atoms with Crippen molar-refractivity contribution in [3.63, 3.8) is 0 Å². The van der Waals surface area contributed by atoms with Gasteiger partial charge in [0, 0.05) is 11.8 Å². The number of ether oxygens (including phenoxy) is 3. The summed E-state index contributed by atoms with van der Waals surface area (Å²) in [7, 11) is 3.20. The fraction of sp³-hybridized carbons (Fsp3) is 0.235. The highest BCUT2D eigenvalue weighted by Crippen LogP contribution is 2.18. The fourth-order valence-electron chi connectivity index (χ4n) is 1.87. The second kappa shape index (κ2) is 8.53. The van der Waals surface area contributed by atoms with E-state index in [1.807, 2.05) is 18.2 Å². The topological polar surface area (TPSA) is 68.8 Å². The quantitative estimate of drug-likeness (QED) is 0.771. The molecule has 0 atom stereocenters. The van der Waals surface area contributed by atoms with Crippen LogP contribution in [-0.2, 0) is 0 Å². The van der Waals surface area contributed by atoms with Crippen LogP contribution in [0, 0.1) is 0 Å². The standard InChI is InChI=1S/C17H20N2O4/c1-21-14-8-6-13(7-9-14)19-17(20)18-10-11-23-16-5-3-4-15(12-16)22-2/h3-9,12H,10-11H2,1-2H3,(H2,18,19,20). The van der Waals surface area contributed by atoms with E-state index in [2.05, 4.69) is 10.6 Å². The third-order valence-corrected chi connectivity index (χ3v) is 3.05. The summed E-state index contributed by atoms with van der Waals surface area (Å²) in [6.45, 7) is 0.752. The molecule has 0 aliphatic carbocycles. The van der Waals surface area contributed by atoms with E-state index in [4.69, 9.17) is 14.2 Å². The second-order valence-corrected chi connectivity index (χ2v) is 4.64. The van der Waals surface area contributed by atoms with Crippen LogP contribution < -0.4 is 24.8 Å². The van der Waals surface area contributed by atoms with Crippen LogP contribution in [0.1, 0.15) is 0 Å². The molecule has 0 bridgehead atoms. The Balaban J connectivity index is 1.69. The number of hydrogen-bond acceptors (Lipinski definition) is 4. The minimum absolute atomic E-state index is 0.288. The van der Waals surface area contributed by atoms with Crippen LogP contribution in [0.15, 0.2) is 48.5 Å². The lowest BCUT2D eigenvalue weighted by Gasteiger charge is -2.10. The maximum Gasteiger partial charge on any atom is 0.319 e. The van der Waals surface area contributed by atoms with Gasteiger partial charge in [-0.3, -0.25) is 0 Å². The van der Waals surface area contributed by atoms with Gasteiger partial charge in [-0.15, -0.1) is 0 Å². The molecule has 0 aliphatic heterocycles. The first-order chi connectivity index (χ1) is 11.2. The van der Waals surface area contributed by atoms with Crippen molar-refractivity contribution in [3.05, 3.63) is 48.5 Å². The van der Waals surface area contributed by atoms with Gasteiger partial charge in [0.1, 0.15) is 23.9 Å². The van der Waals surface area contributed by atoms with E-state index in [1.165, 1.54) is 0 Å². The van der Waals surface area contributed by atoms with Gasteiger partial charge in [0.2, 0.25) is 0 Å². The van der Waals surface area contributed by atoms with E-state index in [1.54, 1.807) is 44.6 Å². The molecule has 122 valence electrons. The molecule has 2 aromatic rings. The fourth-order valence-corrected chi connectivity index (χ4v) is 1.87. The average Bonchev–Trinajstić information content (AvgIpc) is 2.59. The Morgan fingerprint density at radius 1 is 0.957 bits per heavy atom. The summed E-state index contributed by atoms with van der Waals surface area (Å²) in [6.07, 6.45) is 0. The number of carbonyl (C=O) groups excluding carboxylic acids is 1. The molecule has 2 rings (SSSR count). The Morgan fingerprint density at radius 3 is 2.35 bits per heavy atom. The SMILES string of the molecule is COc1ccc(NC(=O)NCCOc2cccc(OC)c2)cc1. The molecular weight excluding hydrogens is 296 g/mol. The van der Waals surface area contributed by atoms with Crippen molar-refractivity contribution >= 4 is 11.7 Å². The van der Waals surface area contributed by atoms with Crippen molar-refractivity contribution in [1.29, 1.82) is 0 Å². The molecule has 0 aromatic heterocycles. The van der Waals surface area contributed by atoms with Gasteiger partial charge in [0.25, 0.3) is 0 Å². The monoisotopic (exact) mass is 316 g/mol. The maximum atomic E-state index is 11.7. The summed E-state index contributed by atoms with van der Waals surface area (Å²) in [6, 6.07) is 14.1. The summed E-state index contributed by atoms with van der Waals surface area (Å²) in [5.74, 6) is 2.16. The number of benzene rings is 2. The van der Waals surface area contributed by atoms with Crippen molar-refractivity contribution in [2.75, 3.05) is 32.7 Å². The molecule has 6 nitrogen and oxygen atoms in total. The summed E-state index contributed by atoms with van der Waals surface area (Å²) in [5, 5.41) is 5.45. The zero-order valence-electron chi connectivity index (χ0n) is 13.2. The predicted molar refractivity (Wildman–Crippen MR) is 88.5 cm³/mol. The van der Waals surface area contributed by atoms with E-state index >= 15 is 0 Å². The molecule has 23 heavy (non-hydrogen) atoms. The lowest BCUT2D eigenvalue weighted by atomic mass is 10.3. The number of nitrogens with one attached hydrogen (secondary N) is 2. The maximum absolute atomic E-state index is 11.7. The first-order valence-corrected chi connectivity index (χ1v) is 7.17. The average molecular weight is 316 g/mol. The highest BCUT2D eigenvalue weighted by Gasteiger charge is 2.02. The third kappa shape index (κ3) is 5.43. The molecule has 0 spiro atoms. The number of rotatable bonds is 7. The molecule has 0 saturated heterocycles. The lowest BCUT2D eigenvalue weighted by molar-refractivity contribution is 0.247. The van der Waals surface area contributed by atoms with Crippen LogP contribution in [0.2, 0.25) is 0 Å². The minimum Gasteiger partial charge on any atom is -0.497 e. The van der Waals surface area contributed by atoms with Gasteiger partial charge in [0.15, 0.2) is 0 Å². The molecule has 2 N–H and O–H groups in total. The van der Waals surface area contributed by atoms with Crippen molar-refractivity contribution in [2.45, 2.75) is 0 Å². The third-order valence-electron chi connectivity index (χ3n) is 3.05. The Labute approximate surface area is 135 Å². The minimum atomic E-state index is -0.288. The summed E-state index contributed by atoms with van der Waals surface area (Å²) in [4.78, 5) is 11.7. The van der Waals surface area contributed by atoms with Gasteiger partial charge < -0.3 is 24.8 Å². The van der Waals surface area contributed by atoms with Crippen molar-refractivity contribution in [2.24, 2.45) is 0 Å². The van der Waals surface area contributed by atoms with Crippen molar-refractivity contribution < 1.29 is 19.0 Å². The van der Waals surface area contributed by atoms with Gasteiger partial charge in [0.05, 0.1) is 20.8 Å². The number of carbonyl (C=O) groups is 1. The smallest absolute Gasteiger partial charge is 0.319 e. The predicted octanol–water partition coefficient (Wildman–Crippen LogP) is 2.90. The Hall–Kier alpha value is -2.89. The molecule has 0 saturated carbocycles. The van der Waals surface area contributed by atoms with Crippen LogP contribution in [0.3, 0.4) is 0 Å². The van der Waals surface area contributed by atoms with Gasteiger partial charge in [-0.25, -0.2) is 4.79 Å². The Bertz CT molecular complexity index is 629. The number of amides is 2. The number of methoxy groups -OCH3 is 2. The first-order valence-electron chi connectivity index (χ1n) is 7.17. The van der Waals surface area contributed by atoms with Crippen LogP contribution in [-0.4, -0.2) is 33.4 Å². The summed E-state index contributed by atoms with van der Waals surface area (Å²) < 4.78 is 15.7. The number of hydrogen-bond donors (Lipinski definition) is 2. The Kier molecular flexibility index (Phi) is 6.11. The molecular formula is C17H20N2O4. The highest BCUT2D eigenvalue weighted by atomic mass is 16.5. The van der Waals surface area contributed by atoms with Gasteiger partial charge in [-0.1, -0.05) is 6.07 Å². The van der Waals surface area contributed by atoms with Gasteiger partial charge >= 0.3 is 6.03 Å². The van der Waals surface area contributed by atoms with E-state index in [0.717, 1.165) is 11.5 Å². The van der Waals surface area contributed by atoms with E-state index in [-0.39, 0.29) is 6.03 Å². The van der Waals surface area contributed by atoms with E-state index in [9.17, 15) is 4.79 Å². The molecule has 0 aliphatic rings. The molecule has 0 fully saturated rings. The van der Waals surface area contributed by atoms with E-state index in [0.29, 0.717) is 24.6 Å². The normalized spacial score (nSPS) is 9.83. The van der Waals surface area contributed by atoms with Crippen LogP contribution in [0.25, 0.3) is 0 Å². The molecule has 2 amide bonds. The summed E-state index contributed by atoms with van der Waals surface area (Å²) in [5.41, 5.74) is 0.692. The van der Waals surface area contributed by atoms with Gasteiger partial charge in [-0.05, 0) is 36.4 Å². The zero-order chi connectivity index (χ0) is 16.5. The molecule has 0 radical (unpaired) electrons. The molecule has 6 heteroatoms. The lowest BCUT2D eigenvalue weighted by Crippen LogP contribution is -2.32. The first kappa shape index (κ1) is 16.5. The van der Waals surface area contributed by atoms with E-state index < -0.39 is 0 Å². The number of anilines is 1. The zero-order valence-corrected chi connectivity index (χ0v) is 13.2. The largest absolute Gasteiger partial charge is 0.497 e. The molecule has 2 aromatic carbocycles. The Morgan fingerprint density at radius 2 is 1.65 bits per heavy atom. The van der Waals surface area contributed by atoms with Gasteiger partial charge in [-0.2, -0.15) is 0 Å². The molecule has 0 unspecified atom stereocenters. The summed E-state index contributed by atoms with van der Waals surface area (Å²) >= 11 is 0. The highest BCUT2D eigenvalue weighted by molar-refractivity contribution is 5.89. The van der Waals surface area contributed by atoms with Crippen molar-refractivity contribution in [1.82, 2.24) is 5.32 Å². The van der Waals surface area contributed by atoms with Crippen LogP contribution in [0.5, 0.6) is 17.2 Å². The van der Waals surface area contributed by atoms with Crippen LogP contribution in [0.4, 0.5) is 10.5 Å².